The molecule has 1 N–H and O–H groups in total. The highest BCUT2D eigenvalue weighted by Crippen LogP contribution is 1.95. The summed E-state index contributed by atoms with van der Waals surface area (Å²) in [4.78, 5) is 11.4. The molecule has 0 aliphatic carbocycles. The van der Waals surface area contributed by atoms with Gasteiger partial charge in [-0.3, -0.25) is 9.48 Å². The quantitative estimate of drug-likeness (QED) is 0.704. The summed E-state index contributed by atoms with van der Waals surface area (Å²) >= 11 is 0. The van der Waals surface area contributed by atoms with Gasteiger partial charge in [0.25, 0.3) is 5.91 Å². The molecule has 0 bridgehead atoms. The fraction of sp³-hybridized carbons (Fsp3) is 0.444. The van der Waals surface area contributed by atoms with Gasteiger partial charge in [0.05, 0.1) is 17.8 Å². The number of carbonyl (C=O) groups is 1. The fourth-order valence-corrected chi connectivity index (χ4v) is 1.01. The molecule has 5 nitrogen and oxygen atoms in total. The second kappa shape index (κ2) is 5.02. The van der Waals surface area contributed by atoms with Gasteiger partial charge in [-0.25, -0.2) is 0 Å². The molecule has 0 saturated carbocycles. The molecule has 74 valence electrons. The summed E-state index contributed by atoms with van der Waals surface area (Å²) in [5.74, 6) is -0.143. The number of carbonyl (C=O) groups excluding carboxylic acids is 1. The first-order valence-corrected chi connectivity index (χ1v) is 4.38. The maximum atomic E-state index is 11.4. The predicted molar refractivity (Wildman–Crippen MR) is 50.4 cm³/mol. The highest BCUT2D eigenvalue weighted by Gasteiger charge is 2.05. The highest BCUT2D eigenvalue weighted by molar-refractivity contribution is 5.93. The minimum absolute atomic E-state index is 0.143. The Bertz CT molecular complexity index is 350. The molecule has 0 aliphatic heterocycles. The third-order valence-corrected chi connectivity index (χ3v) is 1.72. The smallest absolute Gasteiger partial charge is 0.254 e. The van der Waals surface area contributed by atoms with Crippen molar-refractivity contribution in [1.82, 2.24) is 15.1 Å². The number of nitriles is 1. The van der Waals surface area contributed by atoms with Gasteiger partial charge in [0, 0.05) is 26.2 Å². The number of nitrogens with one attached hydrogen (secondary N) is 1. The van der Waals surface area contributed by atoms with Crippen LogP contribution in [0.15, 0.2) is 12.4 Å². The van der Waals surface area contributed by atoms with Crippen LogP contribution in [0.5, 0.6) is 0 Å². The van der Waals surface area contributed by atoms with Crippen LogP contribution in [-0.2, 0) is 7.05 Å². The van der Waals surface area contributed by atoms with E-state index in [1.165, 1.54) is 6.20 Å². The number of unbranched alkanes of at least 4 members (excludes halogenated alkanes) is 1. The van der Waals surface area contributed by atoms with Gasteiger partial charge in [-0.05, 0) is 6.42 Å². The van der Waals surface area contributed by atoms with E-state index in [0.717, 1.165) is 0 Å². The first-order valence-electron chi connectivity index (χ1n) is 4.38. The zero-order valence-electron chi connectivity index (χ0n) is 8.03. The van der Waals surface area contributed by atoms with Gasteiger partial charge in [-0.2, -0.15) is 10.4 Å². The van der Waals surface area contributed by atoms with Crippen molar-refractivity contribution >= 4 is 5.91 Å². The van der Waals surface area contributed by atoms with Crippen LogP contribution < -0.4 is 5.32 Å². The predicted octanol–water partition coefficient (Wildman–Crippen LogP) is 0.454. The van der Waals surface area contributed by atoms with Crippen LogP contribution in [-0.4, -0.2) is 22.2 Å². The van der Waals surface area contributed by atoms with Crippen molar-refractivity contribution in [3.63, 3.8) is 0 Å². The number of hydrogen-bond acceptors (Lipinski definition) is 3. The van der Waals surface area contributed by atoms with E-state index < -0.39 is 0 Å². The summed E-state index contributed by atoms with van der Waals surface area (Å²) < 4.78 is 1.57. The van der Waals surface area contributed by atoms with Crippen LogP contribution in [0.1, 0.15) is 23.2 Å². The lowest BCUT2D eigenvalue weighted by Crippen LogP contribution is -2.23. The average Bonchev–Trinajstić information content (AvgIpc) is 2.59. The molecule has 0 unspecified atom stereocenters. The van der Waals surface area contributed by atoms with E-state index in [9.17, 15) is 4.79 Å². The Morgan fingerprint density at radius 3 is 3.14 bits per heavy atom. The zero-order valence-corrected chi connectivity index (χ0v) is 8.03. The van der Waals surface area contributed by atoms with Crippen molar-refractivity contribution in [2.24, 2.45) is 7.05 Å². The lowest BCUT2D eigenvalue weighted by molar-refractivity contribution is 0.0953. The number of aryl methyl sites for hydroxylation is 1. The number of nitrogens with zero attached hydrogens (tertiary/aromatic N) is 3. The van der Waals surface area contributed by atoms with E-state index in [0.29, 0.717) is 24.9 Å². The van der Waals surface area contributed by atoms with Crippen LogP contribution in [0.25, 0.3) is 0 Å². The summed E-state index contributed by atoms with van der Waals surface area (Å²) in [7, 11) is 1.76. The van der Waals surface area contributed by atoms with Crippen LogP contribution in [0.4, 0.5) is 0 Å². The van der Waals surface area contributed by atoms with Gasteiger partial charge in [-0.15, -0.1) is 0 Å². The van der Waals surface area contributed by atoms with Gasteiger partial charge >= 0.3 is 0 Å². The van der Waals surface area contributed by atoms with Crippen LogP contribution in [0.2, 0.25) is 0 Å². The number of amides is 1. The topological polar surface area (TPSA) is 70.7 Å². The maximum Gasteiger partial charge on any atom is 0.254 e. The molecule has 0 aromatic carbocycles. The number of hydrogen-bond donors (Lipinski definition) is 1. The largest absolute Gasteiger partial charge is 0.352 e. The van der Waals surface area contributed by atoms with Crippen molar-refractivity contribution in [1.29, 1.82) is 5.26 Å². The van der Waals surface area contributed by atoms with Crippen LogP contribution in [0, 0.1) is 11.3 Å². The van der Waals surface area contributed by atoms with Gasteiger partial charge in [0.1, 0.15) is 0 Å². The van der Waals surface area contributed by atoms with E-state index in [1.54, 1.807) is 17.9 Å². The Morgan fingerprint density at radius 1 is 1.79 bits per heavy atom. The number of rotatable bonds is 4. The SMILES string of the molecule is Cn1cc(C(=O)NCCCC#N)cn1. The second-order valence-corrected chi connectivity index (χ2v) is 2.92. The molecule has 5 heteroatoms. The Hall–Kier alpha value is -1.83. The minimum Gasteiger partial charge on any atom is -0.352 e. The summed E-state index contributed by atoms with van der Waals surface area (Å²) in [6, 6.07) is 2.02. The second-order valence-electron chi connectivity index (χ2n) is 2.92. The van der Waals surface area contributed by atoms with Gasteiger partial charge in [-0.1, -0.05) is 0 Å². The zero-order chi connectivity index (χ0) is 10.4. The summed E-state index contributed by atoms with van der Waals surface area (Å²) in [5, 5.41) is 14.9. The molecular weight excluding hydrogens is 180 g/mol. The molecule has 1 amide bonds. The third-order valence-electron chi connectivity index (χ3n) is 1.72. The molecule has 0 fully saturated rings. The molecule has 1 heterocycles. The molecule has 0 aliphatic rings. The molecule has 0 radical (unpaired) electrons. The molecule has 0 spiro atoms. The standard InChI is InChI=1S/C9H12N4O/c1-13-7-8(6-12-13)9(14)11-5-3-2-4-10/h6-7H,2-3,5H2,1H3,(H,11,14). The summed E-state index contributed by atoms with van der Waals surface area (Å²) in [5.41, 5.74) is 0.546. The summed E-state index contributed by atoms with van der Waals surface area (Å²) in [6.45, 7) is 0.529. The average molecular weight is 192 g/mol. The normalized spacial score (nSPS) is 9.43. The van der Waals surface area contributed by atoms with E-state index in [-0.39, 0.29) is 5.91 Å². The molecule has 1 aromatic rings. The first kappa shape index (κ1) is 10.3. The molecule has 1 rings (SSSR count). The van der Waals surface area contributed by atoms with Gasteiger partial charge in [0.15, 0.2) is 0 Å². The third kappa shape index (κ3) is 2.90. The van der Waals surface area contributed by atoms with Crippen molar-refractivity contribution < 1.29 is 4.79 Å². The lowest BCUT2D eigenvalue weighted by atomic mass is 10.3. The molecule has 14 heavy (non-hydrogen) atoms. The summed E-state index contributed by atoms with van der Waals surface area (Å²) in [6.07, 6.45) is 4.31. The Labute approximate surface area is 82.3 Å². The maximum absolute atomic E-state index is 11.4. The monoisotopic (exact) mass is 192 g/mol. The minimum atomic E-state index is -0.143. The molecule has 1 aromatic heterocycles. The van der Waals surface area contributed by atoms with E-state index in [1.807, 2.05) is 6.07 Å². The Morgan fingerprint density at radius 2 is 2.57 bits per heavy atom. The number of aromatic nitrogens is 2. The highest BCUT2D eigenvalue weighted by atomic mass is 16.1. The van der Waals surface area contributed by atoms with Crippen molar-refractivity contribution in [2.45, 2.75) is 12.8 Å². The van der Waals surface area contributed by atoms with Crippen LogP contribution in [0.3, 0.4) is 0 Å². The van der Waals surface area contributed by atoms with E-state index in [4.69, 9.17) is 5.26 Å². The molecular formula is C9H12N4O. The molecule has 0 saturated heterocycles. The Balaban J connectivity index is 2.33. The first-order chi connectivity index (χ1) is 6.74. The lowest BCUT2D eigenvalue weighted by Gasteiger charge is -1.99. The Kier molecular flexibility index (Phi) is 3.68. The van der Waals surface area contributed by atoms with Crippen molar-refractivity contribution in [3.05, 3.63) is 18.0 Å². The van der Waals surface area contributed by atoms with Crippen molar-refractivity contribution in [2.75, 3.05) is 6.54 Å². The van der Waals surface area contributed by atoms with E-state index >= 15 is 0 Å². The van der Waals surface area contributed by atoms with Gasteiger partial charge in [0.2, 0.25) is 0 Å². The van der Waals surface area contributed by atoms with Gasteiger partial charge < -0.3 is 5.32 Å². The van der Waals surface area contributed by atoms with E-state index in [2.05, 4.69) is 10.4 Å². The van der Waals surface area contributed by atoms with Crippen LogP contribution >= 0.6 is 0 Å². The molecule has 0 atom stereocenters. The fourth-order valence-electron chi connectivity index (χ4n) is 1.01. The van der Waals surface area contributed by atoms with Crippen molar-refractivity contribution in [3.8, 4) is 6.07 Å².